The summed E-state index contributed by atoms with van der Waals surface area (Å²) >= 11 is 0. The third kappa shape index (κ3) is 4.20. The lowest BCUT2D eigenvalue weighted by Crippen LogP contribution is -2.47. The van der Waals surface area contributed by atoms with Crippen LogP contribution in [0.1, 0.15) is 12.8 Å². The van der Waals surface area contributed by atoms with Crippen molar-refractivity contribution >= 4 is 15.9 Å². The largest absolute Gasteiger partial charge is 0.492 e. The van der Waals surface area contributed by atoms with Crippen molar-refractivity contribution in [2.75, 3.05) is 33.0 Å². The molecule has 7 heteroatoms. The van der Waals surface area contributed by atoms with Crippen LogP contribution in [0.2, 0.25) is 0 Å². The lowest BCUT2D eigenvalue weighted by atomic mass is 10.2. The highest BCUT2D eigenvalue weighted by Gasteiger charge is 2.37. The minimum absolute atomic E-state index is 0.167. The average molecular weight is 326 g/mol. The third-order valence-electron chi connectivity index (χ3n) is 3.73. The molecule has 0 aliphatic carbocycles. The van der Waals surface area contributed by atoms with Gasteiger partial charge in [0.2, 0.25) is 15.9 Å². The first-order valence-corrected chi connectivity index (χ1v) is 9.14. The molecule has 1 aliphatic heterocycles. The molecule has 22 heavy (non-hydrogen) atoms. The lowest BCUT2D eigenvalue weighted by Gasteiger charge is -2.26. The van der Waals surface area contributed by atoms with E-state index in [-0.39, 0.29) is 5.91 Å². The van der Waals surface area contributed by atoms with Crippen molar-refractivity contribution in [3.05, 3.63) is 30.3 Å². The van der Waals surface area contributed by atoms with Gasteiger partial charge in [-0.15, -0.1) is 0 Å². The second kappa shape index (κ2) is 7.11. The van der Waals surface area contributed by atoms with Gasteiger partial charge < -0.3 is 9.64 Å². The van der Waals surface area contributed by atoms with Crippen molar-refractivity contribution in [2.45, 2.75) is 18.9 Å². The molecule has 0 saturated carbocycles. The molecule has 6 nitrogen and oxygen atoms in total. The van der Waals surface area contributed by atoms with Crippen molar-refractivity contribution < 1.29 is 17.9 Å². The number of ether oxygens (including phenoxy) is 1. The highest BCUT2D eigenvalue weighted by atomic mass is 32.2. The van der Waals surface area contributed by atoms with E-state index in [9.17, 15) is 13.2 Å². The molecular formula is C15H22N2O4S. The van der Waals surface area contributed by atoms with Crippen molar-refractivity contribution in [3.63, 3.8) is 0 Å². The lowest BCUT2D eigenvalue weighted by molar-refractivity contribution is -0.133. The van der Waals surface area contributed by atoms with Crippen LogP contribution >= 0.6 is 0 Å². The smallest absolute Gasteiger partial charge is 0.240 e. The van der Waals surface area contributed by atoms with Crippen molar-refractivity contribution in [2.24, 2.45) is 0 Å². The third-order valence-corrected chi connectivity index (χ3v) is 5.02. The van der Waals surface area contributed by atoms with Crippen LogP contribution in [0.3, 0.4) is 0 Å². The number of hydrogen-bond donors (Lipinski definition) is 0. The molecule has 0 unspecified atom stereocenters. The second-order valence-corrected chi connectivity index (χ2v) is 7.39. The van der Waals surface area contributed by atoms with Crippen molar-refractivity contribution in [3.8, 4) is 5.75 Å². The summed E-state index contributed by atoms with van der Waals surface area (Å²) in [6, 6.07) is 8.80. The number of sulfonamides is 1. The zero-order chi connectivity index (χ0) is 16.2. The zero-order valence-electron chi connectivity index (χ0n) is 12.9. The molecule has 2 rings (SSSR count). The average Bonchev–Trinajstić information content (AvgIpc) is 2.97. The van der Waals surface area contributed by atoms with E-state index in [2.05, 4.69) is 0 Å². The Balaban J connectivity index is 1.86. The fraction of sp³-hybridized carbons (Fsp3) is 0.533. The van der Waals surface area contributed by atoms with Crippen LogP contribution in [-0.2, 0) is 14.8 Å². The predicted molar refractivity (Wildman–Crippen MR) is 84.1 cm³/mol. The number of carbonyl (C=O) groups excluding carboxylic acids is 1. The summed E-state index contributed by atoms with van der Waals surface area (Å²) in [5, 5.41) is 0. The normalized spacial score (nSPS) is 19.1. The molecule has 1 heterocycles. The van der Waals surface area contributed by atoms with Crippen molar-refractivity contribution in [1.29, 1.82) is 0 Å². The van der Waals surface area contributed by atoms with E-state index in [4.69, 9.17) is 4.74 Å². The number of rotatable bonds is 6. The van der Waals surface area contributed by atoms with E-state index in [0.29, 0.717) is 26.1 Å². The molecule has 1 aliphatic rings. The molecule has 1 aromatic carbocycles. The quantitative estimate of drug-likeness (QED) is 0.780. The number of likely N-dealkylation sites (N-methyl/N-ethyl adjacent to an activating group) is 1. The summed E-state index contributed by atoms with van der Waals surface area (Å²) in [7, 11) is -1.66. The number of amides is 1. The molecule has 122 valence electrons. The number of para-hydroxylation sites is 1. The van der Waals surface area contributed by atoms with E-state index < -0.39 is 16.1 Å². The Hall–Kier alpha value is -1.60. The van der Waals surface area contributed by atoms with E-state index in [1.807, 2.05) is 30.3 Å². The number of nitrogens with zero attached hydrogens (tertiary/aromatic N) is 2. The van der Waals surface area contributed by atoms with Gasteiger partial charge in [0.05, 0.1) is 12.8 Å². The van der Waals surface area contributed by atoms with Gasteiger partial charge in [0.1, 0.15) is 18.4 Å². The van der Waals surface area contributed by atoms with Gasteiger partial charge in [-0.25, -0.2) is 8.42 Å². The summed E-state index contributed by atoms with van der Waals surface area (Å²) in [6.07, 6.45) is 2.45. The van der Waals surface area contributed by atoms with Gasteiger partial charge in [-0.3, -0.25) is 4.79 Å². The Morgan fingerprint density at radius 2 is 2.05 bits per heavy atom. The molecule has 1 fully saturated rings. The molecule has 1 saturated heterocycles. The number of carbonyl (C=O) groups is 1. The number of benzene rings is 1. The van der Waals surface area contributed by atoms with E-state index in [1.165, 1.54) is 9.21 Å². The summed E-state index contributed by atoms with van der Waals surface area (Å²) in [5.41, 5.74) is 0. The van der Waals surface area contributed by atoms with Crippen LogP contribution in [-0.4, -0.2) is 62.6 Å². The highest BCUT2D eigenvalue weighted by Crippen LogP contribution is 2.21. The van der Waals surface area contributed by atoms with Gasteiger partial charge in [0.25, 0.3) is 0 Å². The summed E-state index contributed by atoms with van der Waals surface area (Å²) < 4.78 is 30.3. The first kappa shape index (κ1) is 16.8. The molecule has 0 aromatic heterocycles. The molecule has 1 aromatic rings. The molecule has 0 radical (unpaired) electrons. The highest BCUT2D eigenvalue weighted by molar-refractivity contribution is 7.88. The molecule has 1 amide bonds. The van der Waals surface area contributed by atoms with Gasteiger partial charge in [-0.2, -0.15) is 4.31 Å². The van der Waals surface area contributed by atoms with Gasteiger partial charge in [0, 0.05) is 13.6 Å². The SMILES string of the molecule is CN(CCOc1ccccc1)C(=O)[C@@H]1CCCN1S(C)(=O)=O. The molecule has 0 spiro atoms. The Morgan fingerprint density at radius 1 is 1.36 bits per heavy atom. The van der Waals surface area contributed by atoms with E-state index >= 15 is 0 Å². The minimum atomic E-state index is -3.34. The Kier molecular flexibility index (Phi) is 5.42. The molecule has 0 N–H and O–H groups in total. The van der Waals surface area contributed by atoms with Crippen LogP contribution in [0.4, 0.5) is 0 Å². The molecule has 1 atom stereocenters. The first-order valence-electron chi connectivity index (χ1n) is 7.29. The van der Waals surface area contributed by atoms with E-state index in [0.717, 1.165) is 18.4 Å². The topological polar surface area (TPSA) is 66.9 Å². The maximum Gasteiger partial charge on any atom is 0.240 e. The fourth-order valence-electron chi connectivity index (χ4n) is 2.57. The van der Waals surface area contributed by atoms with Crippen LogP contribution in [0, 0.1) is 0 Å². The van der Waals surface area contributed by atoms with Crippen LogP contribution < -0.4 is 4.74 Å². The monoisotopic (exact) mass is 326 g/mol. The van der Waals surface area contributed by atoms with Crippen LogP contribution in [0.15, 0.2) is 30.3 Å². The van der Waals surface area contributed by atoms with Crippen LogP contribution in [0.5, 0.6) is 5.75 Å². The Labute approximate surface area is 131 Å². The Morgan fingerprint density at radius 3 is 2.68 bits per heavy atom. The number of hydrogen-bond acceptors (Lipinski definition) is 4. The maximum atomic E-state index is 12.4. The molecule has 0 bridgehead atoms. The summed E-state index contributed by atoms with van der Waals surface area (Å²) in [5.74, 6) is 0.585. The summed E-state index contributed by atoms with van der Waals surface area (Å²) in [4.78, 5) is 13.9. The van der Waals surface area contributed by atoms with Crippen LogP contribution in [0.25, 0.3) is 0 Å². The summed E-state index contributed by atoms with van der Waals surface area (Å²) in [6.45, 7) is 1.21. The van der Waals surface area contributed by atoms with Gasteiger partial charge >= 0.3 is 0 Å². The van der Waals surface area contributed by atoms with Gasteiger partial charge in [-0.1, -0.05) is 18.2 Å². The van der Waals surface area contributed by atoms with E-state index in [1.54, 1.807) is 7.05 Å². The van der Waals surface area contributed by atoms with Gasteiger partial charge in [-0.05, 0) is 25.0 Å². The minimum Gasteiger partial charge on any atom is -0.492 e. The Bertz CT molecular complexity index is 603. The maximum absolute atomic E-state index is 12.4. The predicted octanol–water partition coefficient (Wildman–Crippen LogP) is 0.948. The zero-order valence-corrected chi connectivity index (χ0v) is 13.8. The fourth-order valence-corrected chi connectivity index (χ4v) is 3.68. The van der Waals surface area contributed by atoms with Crippen molar-refractivity contribution in [1.82, 2.24) is 9.21 Å². The first-order chi connectivity index (χ1) is 10.4. The second-order valence-electron chi connectivity index (χ2n) is 5.45. The standard InChI is InChI=1S/C15H22N2O4S/c1-16(11-12-21-13-7-4-3-5-8-13)15(18)14-9-6-10-17(14)22(2,19)20/h3-5,7-8,14H,6,9-12H2,1-2H3/t14-/m0/s1. The van der Waals surface area contributed by atoms with Gasteiger partial charge in [0.15, 0.2) is 0 Å². The molecular weight excluding hydrogens is 304 g/mol.